The van der Waals surface area contributed by atoms with E-state index in [4.69, 9.17) is 6.57 Å². The van der Waals surface area contributed by atoms with Crippen LogP contribution in [0.3, 0.4) is 0 Å². The number of alkyl halides is 3. The molecule has 0 saturated carbocycles. The highest BCUT2D eigenvalue weighted by Gasteiger charge is 2.40. The molecule has 0 bridgehead atoms. The lowest BCUT2D eigenvalue weighted by atomic mass is 9.97. The number of halogens is 3. The average Bonchev–Trinajstić information content (AvgIpc) is 3.45. The first-order chi connectivity index (χ1) is 17.2. The smallest absolute Gasteiger partial charge is 0.317 e. The maximum atomic E-state index is 13.7. The fraction of sp³-hybridized carbons (Fsp3) is 0.115. The van der Waals surface area contributed by atoms with Crippen LogP contribution in [0.2, 0.25) is 0 Å². The van der Waals surface area contributed by atoms with Gasteiger partial charge >= 0.3 is 6.18 Å². The van der Waals surface area contributed by atoms with Crippen LogP contribution in [0.25, 0.3) is 27.4 Å². The van der Waals surface area contributed by atoms with Gasteiger partial charge in [-0.15, -0.1) is 10.2 Å². The van der Waals surface area contributed by atoms with E-state index in [1.54, 1.807) is 54.1 Å². The first kappa shape index (κ1) is 23.0. The van der Waals surface area contributed by atoms with Crippen LogP contribution in [0.4, 0.5) is 24.5 Å². The van der Waals surface area contributed by atoms with E-state index < -0.39 is 17.6 Å². The Morgan fingerprint density at radius 1 is 1.06 bits per heavy atom. The molecule has 1 aliphatic rings. The average molecular weight is 487 g/mol. The molecule has 0 fully saturated rings. The molecule has 178 valence electrons. The molecule has 0 aliphatic carbocycles. The molecule has 0 atom stereocenters. The Hall–Kier alpha value is -4.78. The summed E-state index contributed by atoms with van der Waals surface area (Å²) in [6, 6.07) is 13.9. The van der Waals surface area contributed by atoms with Gasteiger partial charge in [0.1, 0.15) is 12.6 Å². The van der Waals surface area contributed by atoms with Crippen LogP contribution in [0, 0.1) is 6.57 Å². The molecule has 0 unspecified atom stereocenters. The summed E-state index contributed by atoms with van der Waals surface area (Å²) in [6.45, 7) is 7.07. The predicted octanol–water partition coefficient (Wildman–Crippen LogP) is 5.69. The standard InChI is InChI=1S/C26H16F3N5O2/c1-30-17-6-7-19(20(11-17)24-32-31-14-33(24)2)16-4-3-5-18(10-16)34-12-22-21(25(34)36)8-15(13-35)9-23(22)26(27,28)29/h3-11,13-14H,12H2,2H3. The molecule has 5 rings (SSSR count). The fourth-order valence-electron chi connectivity index (χ4n) is 4.37. The molecule has 1 aromatic heterocycles. The third-order valence-electron chi connectivity index (χ3n) is 6.06. The zero-order chi connectivity index (χ0) is 25.6. The number of carbonyl (C=O) groups excluding carboxylic acids is 2. The molecule has 0 N–H and O–H groups in total. The molecule has 10 heteroatoms. The highest BCUT2D eigenvalue weighted by atomic mass is 19.4. The SMILES string of the molecule is [C-]#[N+]c1ccc(-c2cccc(N3Cc4c(cc(C=O)cc4C(F)(F)F)C3=O)c2)c(-c2nncn2C)c1. The fourth-order valence-corrected chi connectivity index (χ4v) is 4.37. The van der Waals surface area contributed by atoms with E-state index in [1.807, 2.05) is 0 Å². The summed E-state index contributed by atoms with van der Waals surface area (Å²) in [6.07, 6.45) is -2.88. The van der Waals surface area contributed by atoms with Crippen molar-refractivity contribution in [2.24, 2.45) is 7.05 Å². The van der Waals surface area contributed by atoms with Crippen LogP contribution in [0.5, 0.6) is 0 Å². The highest BCUT2D eigenvalue weighted by Crippen LogP contribution is 2.41. The van der Waals surface area contributed by atoms with E-state index >= 15 is 0 Å². The number of aryl methyl sites for hydroxylation is 1. The number of fused-ring (bicyclic) bond motifs is 1. The summed E-state index contributed by atoms with van der Waals surface area (Å²) in [5, 5.41) is 8.06. The lowest BCUT2D eigenvalue weighted by Gasteiger charge is -2.18. The van der Waals surface area contributed by atoms with Crippen molar-refractivity contribution in [1.29, 1.82) is 0 Å². The van der Waals surface area contributed by atoms with Gasteiger partial charge in [-0.25, -0.2) is 4.85 Å². The van der Waals surface area contributed by atoms with Crippen molar-refractivity contribution in [2.75, 3.05) is 4.90 Å². The van der Waals surface area contributed by atoms with Gasteiger partial charge in [0.05, 0.1) is 18.7 Å². The maximum Gasteiger partial charge on any atom is 0.416 e. The first-order valence-corrected chi connectivity index (χ1v) is 10.7. The van der Waals surface area contributed by atoms with Crippen molar-refractivity contribution in [2.45, 2.75) is 12.7 Å². The second-order valence-electron chi connectivity index (χ2n) is 8.26. The number of rotatable bonds is 4. The topological polar surface area (TPSA) is 72.5 Å². The number of hydrogen-bond acceptors (Lipinski definition) is 4. The summed E-state index contributed by atoms with van der Waals surface area (Å²) in [4.78, 5) is 29.1. The Bertz CT molecular complexity index is 1580. The van der Waals surface area contributed by atoms with Crippen molar-refractivity contribution in [3.63, 3.8) is 0 Å². The number of nitrogens with zero attached hydrogens (tertiary/aromatic N) is 5. The molecule has 0 spiro atoms. The number of aromatic nitrogens is 3. The van der Waals surface area contributed by atoms with Crippen LogP contribution < -0.4 is 4.90 Å². The highest BCUT2D eigenvalue weighted by molar-refractivity contribution is 6.11. The minimum Gasteiger partial charge on any atom is -0.317 e. The third-order valence-corrected chi connectivity index (χ3v) is 6.06. The number of carbonyl (C=O) groups is 2. The van der Waals surface area contributed by atoms with Gasteiger partial charge in [-0.3, -0.25) is 9.59 Å². The Morgan fingerprint density at radius 2 is 1.86 bits per heavy atom. The molecule has 36 heavy (non-hydrogen) atoms. The molecule has 2 heterocycles. The number of aldehydes is 1. The molecular formula is C26H16F3N5O2. The quantitative estimate of drug-likeness (QED) is 0.274. The number of amides is 1. The zero-order valence-electron chi connectivity index (χ0n) is 18.7. The largest absolute Gasteiger partial charge is 0.416 e. The van der Waals surface area contributed by atoms with E-state index in [1.165, 1.54) is 17.3 Å². The van der Waals surface area contributed by atoms with Gasteiger partial charge in [-0.05, 0) is 47.0 Å². The van der Waals surface area contributed by atoms with Gasteiger partial charge in [-0.1, -0.05) is 24.3 Å². The van der Waals surface area contributed by atoms with Crippen LogP contribution in [0.1, 0.15) is 31.8 Å². The number of benzene rings is 3. The predicted molar refractivity (Wildman–Crippen MR) is 125 cm³/mol. The van der Waals surface area contributed by atoms with Gasteiger partial charge < -0.3 is 9.47 Å². The molecule has 1 amide bonds. The van der Waals surface area contributed by atoms with Crippen molar-refractivity contribution < 1.29 is 22.8 Å². The third kappa shape index (κ3) is 3.80. The Labute approximate surface area is 203 Å². The summed E-state index contributed by atoms with van der Waals surface area (Å²) in [5.74, 6) is -0.0880. The summed E-state index contributed by atoms with van der Waals surface area (Å²) < 4.78 is 42.8. The van der Waals surface area contributed by atoms with E-state index in [0.717, 1.165) is 6.07 Å². The van der Waals surface area contributed by atoms with Crippen molar-refractivity contribution >= 4 is 23.6 Å². The van der Waals surface area contributed by atoms with Gasteiger partial charge in [0.2, 0.25) is 0 Å². The van der Waals surface area contributed by atoms with E-state index in [2.05, 4.69) is 15.0 Å². The minimum atomic E-state index is -4.71. The molecule has 3 aromatic carbocycles. The van der Waals surface area contributed by atoms with Crippen LogP contribution in [-0.4, -0.2) is 27.0 Å². The van der Waals surface area contributed by atoms with E-state index in [9.17, 15) is 22.8 Å². The molecule has 7 nitrogen and oxygen atoms in total. The zero-order valence-corrected chi connectivity index (χ0v) is 18.7. The Balaban J connectivity index is 1.60. The van der Waals surface area contributed by atoms with Crippen LogP contribution in [-0.2, 0) is 19.8 Å². The Kier molecular flexibility index (Phi) is 5.40. The second-order valence-corrected chi connectivity index (χ2v) is 8.26. The summed E-state index contributed by atoms with van der Waals surface area (Å²) >= 11 is 0. The van der Waals surface area contributed by atoms with Gasteiger partial charge in [-0.2, -0.15) is 13.2 Å². The number of hydrogen-bond donors (Lipinski definition) is 0. The Morgan fingerprint density at radius 3 is 2.53 bits per heavy atom. The summed E-state index contributed by atoms with van der Waals surface area (Å²) in [5.41, 5.74) is 1.33. The monoisotopic (exact) mass is 487 g/mol. The van der Waals surface area contributed by atoms with Crippen molar-refractivity contribution in [3.05, 3.63) is 94.6 Å². The minimum absolute atomic E-state index is 0.140. The van der Waals surface area contributed by atoms with Crippen molar-refractivity contribution in [1.82, 2.24) is 14.8 Å². The van der Waals surface area contributed by atoms with Gasteiger partial charge in [0, 0.05) is 29.4 Å². The first-order valence-electron chi connectivity index (χ1n) is 10.7. The molecule has 0 radical (unpaired) electrons. The summed E-state index contributed by atoms with van der Waals surface area (Å²) in [7, 11) is 1.77. The lowest BCUT2D eigenvalue weighted by molar-refractivity contribution is -0.138. The molecule has 4 aromatic rings. The van der Waals surface area contributed by atoms with E-state index in [0.29, 0.717) is 40.2 Å². The van der Waals surface area contributed by atoms with Crippen LogP contribution >= 0.6 is 0 Å². The number of anilines is 1. The second kappa shape index (κ2) is 8.46. The van der Waals surface area contributed by atoms with Gasteiger partial charge in [0.15, 0.2) is 11.5 Å². The van der Waals surface area contributed by atoms with Crippen molar-refractivity contribution in [3.8, 4) is 22.5 Å². The molecule has 1 aliphatic heterocycles. The van der Waals surface area contributed by atoms with Crippen LogP contribution in [0.15, 0.2) is 60.9 Å². The molecule has 0 saturated heterocycles. The normalized spacial score (nSPS) is 13.0. The van der Waals surface area contributed by atoms with E-state index in [-0.39, 0.29) is 23.2 Å². The van der Waals surface area contributed by atoms with Gasteiger partial charge in [0.25, 0.3) is 5.91 Å². The molecular weight excluding hydrogens is 471 g/mol. The maximum absolute atomic E-state index is 13.7. The lowest BCUT2D eigenvalue weighted by Crippen LogP contribution is -2.23.